The third-order valence-corrected chi connectivity index (χ3v) is 1.15. The zero-order chi connectivity index (χ0) is 7.40. The van der Waals surface area contributed by atoms with Crippen LogP contribution >= 0.6 is 0 Å². The zero-order valence-electron chi connectivity index (χ0n) is 6.79. The Morgan fingerprint density at radius 2 is 1.64 bits per heavy atom. The van der Waals surface area contributed by atoms with Crippen LogP contribution in [0.5, 0.6) is 0 Å². The van der Waals surface area contributed by atoms with Crippen LogP contribution in [0, 0.1) is 0 Å². The first-order chi connectivity index (χ1) is 4.79. The first-order valence-electron chi connectivity index (χ1n) is 3.40. The highest BCUT2D eigenvalue weighted by Crippen LogP contribution is 1.86. The van der Waals surface area contributed by atoms with E-state index < -0.39 is 0 Å². The molecular formula is C9H12ClN. The summed E-state index contributed by atoms with van der Waals surface area (Å²) in [5.41, 5.74) is 1.30. The zero-order valence-corrected chi connectivity index (χ0v) is 7.55. The molecule has 0 unspecified atom stereocenters. The second-order valence-corrected chi connectivity index (χ2v) is 2.53. The molecule has 0 saturated heterocycles. The number of rotatable bonds is 1. The Kier molecular flexibility index (Phi) is 4.55. The fourth-order valence-corrected chi connectivity index (χ4v) is 0.796. The standard InChI is InChI=1S/C9H12N.ClH/c1-9(2)8-10-6-4-3-5-7-10;/h3-8H,1-2H3;1H/q+1;/p-1. The van der Waals surface area contributed by atoms with E-state index in [1.165, 1.54) is 5.57 Å². The van der Waals surface area contributed by atoms with Crippen LogP contribution in [-0.2, 0) is 0 Å². The van der Waals surface area contributed by atoms with Gasteiger partial charge in [-0.05, 0) is 19.4 Å². The number of nitrogens with zero attached hydrogens (tertiary/aromatic N) is 1. The Morgan fingerprint density at radius 3 is 2.09 bits per heavy atom. The summed E-state index contributed by atoms with van der Waals surface area (Å²) in [6.07, 6.45) is 6.12. The van der Waals surface area contributed by atoms with E-state index in [1.54, 1.807) is 0 Å². The molecule has 0 aliphatic carbocycles. The molecule has 0 N–H and O–H groups in total. The molecular weight excluding hydrogens is 158 g/mol. The highest BCUT2D eigenvalue weighted by atomic mass is 35.5. The SMILES string of the molecule is CC(C)=C[n+]1ccccc1.[Cl-]. The molecule has 0 fully saturated rings. The van der Waals surface area contributed by atoms with Gasteiger partial charge in [0.25, 0.3) is 0 Å². The summed E-state index contributed by atoms with van der Waals surface area (Å²) in [4.78, 5) is 0. The van der Waals surface area contributed by atoms with Crippen LogP contribution in [-0.4, -0.2) is 0 Å². The van der Waals surface area contributed by atoms with Gasteiger partial charge in [0.05, 0.1) is 0 Å². The van der Waals surface area contributed by atoms with Crippen LogP contribution in [0.15, 0.2) is 36.2 Å². The van der Waals surface area contributed by atoms with E-state index in [4.69, 9.17) is 0 Å². The number of aromatic nitrogens is 1. The Labute approximate surface area is 73.8 Å². The topological polar surface area (TPSA) is 3.88 Å². The maximum atomic E-state index is 2.08. The van der Waals surface area contributed by atoms with Crippen molar-refractivity contribution in [3.8, 4) is 0 Å². The minimum absolute atomic E-state index is 0. The molecule has 0 aliphatic rings. The third kappa shape index (κ3) is 3.79. The molecule has 1 rings (SSSR count). The lowest BCUT2D eigenvalue weighted by atomic mass is 10.4. The quantitative estimate of drug-likeness (QED) is 0.468. The van der Waals surface area contributed by atoms with Gasteiger partial charge in [-0.25, -0.2) is 0 Å². The first kappa shape index (κ1) is 10.2. The molecule has 0 saturated carbocycles. The fourth-order valence-electron chi connectivity index (χ4n) is 0.796. The minimum atomic E-state index is 0. The van der Waals surface area contributed by atoms with Crippen molar-refractivity contribution in [1.82, 2.24) is 0 Å². The lowest BCUT2D eigenvalue weighted by Crippen LogP contribution is -3.00. The maximum absolute atomic E-state index is 2.08. The van der Waals surface area contributed by atoms with Crippen molar-refractivity contribution in [2.45, 2.75) is 13.8 Å². The van der Waals surface area contributed by atoms with E-state index >= 15 is 0 Å². The summed E-state index contributed by atoms with van der Waals surface area (Å²) in [7, 11) is 0. The third-order valence-electron chi connectivity index (χ3n) is 1.15. The first-order valence-corrected chi connectivity index (χ1v) is 3.40. The smallest absolute Gasteiger partial charge is 0.174 e. The number of halogens is 1. The van der Waals surface area contributed by atoms with Gasteiger partial charge in [-0.3, -0.25) is 0 Å². The van der Waals surface area contributed by atoms with E-state index in [-0.39, 0.29) is 12.4 Å². The van der Waals surface area contributed by atoms with Gasteiger partial charge in [-0.2, -0.15) is 4.57 Å². The second-order valence-electron chi connectivity index (χ2n) is 2.53. The highest BCUT2D eigenvalue weighted by molar-refractivity contribution is 5.14. The molecule has 0 amide bonds. The molecule has 1 heterocycles. The molecule has 1 aromatic rings. The van der Waals surface area contributed by atoms with Crippen molar-refractivity contribution < 1.29 is 17.0 Å². The van der Waals surface area contributed by atoms with Gasteiger partial charge in [0.15, 0.2) is 18.6 Å². The van der Waals surface area contributed by atoms with Crippen molar-refractivity contribution in [3.63, 3.8) is 0 Å². The van der Waals surface area contributed by atoms with Gasteiger partial charge >= 0.3 is 0 Å². The normalized spacial score (nSPS) is 8.18. The van der Waals surface area contributed by atoms with E-state index in [2.05, 4.69) is 20.0 Å². The fraction of sp³-hybridized carbons (Fsp3) is 0.222. The Balaban J connectivity index is 0.000001000. The van der Waals surface area contributed by atoms with E-state index in [1.807, 2.05) is 35.2 Å². The molecule has 0 atom stereocenters. The molecule has 0 aliphatic heterocycles. The van der Waals surface area contributed by atoms with E-state index in [0.717, 1.165) is 0 Å². The largest absolute Gasteiger partial charge is 1.00 e. The Morgan fingerprint density at radius 1 is 1.09 bits per heavy atom. The molecule has 1 nitrogen and oxygen atoms in total. The predicted octanol–water partition coefficient (Wildman–Crippen LogP) is -1.14. The van der Waals surface area contributed by atoms with E-state index in [0.29, 0.717) is 0 Å². The lowest BCUT2D eigenvalue weighted by Gasteiger charge is -1.85. The summed E-state index contributed by atoms with van der Waals surface area (Å²) >= 11 is 0. The van der Waals surface area contributed by atoms with Crippen LogP contribution in [0.25, 0.3) is 6.20 Å². The monoisotopic (exact) mass is 169 g/mol. The van der Waals surface area contributed by atoms with Crippen molar-refractivity contribution in [2.24, 2.45) is 0 Å². The van der Waals surface area contributed by atoms with Gasteiger partial charge in [0.2, 0.25) is 0 Å². The van der Waals surface area contributed by atoms with Crippen molar-refractivity contribution in [2.75, 3.05) is 0 Å². The van der Waals surface area contributed by atoms with Gasteiger partial charge in [-0.15, -0.1) is 0 Å². The average molecular weight is 170 g/mol. The summed E-state index contributed by atoms with van der Waals surface area (Å²) in [5, 5.41) is 0. The molecule has 1 aromatic heterocycles. The van der Waals surface area contributed by atoms with Gasteiger partial charge in [0, 0.05) is 12.1 Å². The molecule has 60 valence electrons. The van der Waals surface area contributed by atoms with Crippen molar-refractivity contribution >= 4 is 6.20 Å². The van der Waals surface area contributed by atoms with Gasteiger partial charge < -0.3 is 12.4 Å². The van der Waals surface area contributed by atoms with Crippen LogP contribution in [0.2, 0.25) is 0 Å². The number of pyridine rings is 1. The van der Waals surface area contributed by atoms with Crippen LogP contribution in [0.1, 0.15) is 13.8 Å². The lowest BCUT2D eigenvalue weighted by molar-refractivity contribution is -0.568. The van der Waals surface area contributed by atoms with E-state index in [9.17, 15) is 0 Å². The highest BCUT2D eigenvalue weighted by Gasteiger charge is 1.89. The van der Waals surface area contributed by atoms with Crippen molar-refractivity contribution in [1.29, 1.82) is 0 Å². The van der Waals surface area contributed by atoms with Crippen LogP contribution in [0.3, 0.4) is 0 Å². The Hall–Kier alpha value is -0.820. The second kappa shape index (κ2) is 4.91. The Bertz CT molecular complexity index is 225. The number of hydrogen-bond donors (Lipinski definition) is 0. The molecule has 0 radical (unpaired) electrons. The molecule has 0 bridgehead atoms. The maximum Gasteiger partial charge on any atom is 0.174 e. The van der Waals surface area contributed by atoms with Crippen LogP contribution < -0.4 is 17.0 Å². The molecule has 2 heteroatoms. The van der Waals surface area contributed by atoms with Crippen LogP contribution in [0.4, 0.5) is 0 Å². The summed E-state index contributed by atoms with van der Waals surface area (Å²) in [5.74, 6) is 0. The summed E-state index contributed by atoms with van der Waals surface area (Å²) in [6, 6.07) is 6.04. The average Bonchev–Trinajstić information content (AvgIpc) is 1.88. The van der Waals surface area contributed by atoms with Gasteiger partial charge in [0.1, 0.15) is 0 Å². The minimum Gasteiger partial charge on any atom is -1.00 e. The van der Waals surface area contributed by atoms with Crippen molar-refractivity contribution in [3.05, 3.63) is 36.2 Å². The number of allylic oxidation sites excluding steroid dienone is 1. The van der Waals surface area contributed by atoms with Gasteiger partial charge in [-0.1, -0.05) is 6.07 Å². The summed E-state index contributed by atoms with van der Waals surface area (Å²) in [6.45, 7) is 4.17. The summed E-state index contributed by atoms with van der Waals surface area (Å²) < 4.78 is 2.04. The molecule has 0 spiro atoms. The predicted molar refractivity (Wildman–Crippen MR) is 42.3 cm³/mol. The number of hydrogen-bond acceptors (Lipinski definition) is 0. The molecule has 0 aromatic carbocycles. The molecule has 11 heavy (non-hydrogen) atoms.